The highest BCUT2D eigenvalue weighted by atomic mass is 35.5. The largest absolute Gasteiger partial charge is 0.360 e. The molecule has 0 aromatic carbocycles. The van der Waals surface area contributed by atoms with Crippen LogP contribution in [0.1, 0.15) is 32.2 Å². The Morgan fingerprint density at radius 3 is 2.47 bits per heavy atom. The summed E-state index contributed by atoms with van der Waals surface area (Å²) in [7, 11) is 0. The number of rotatable bonds is 1. The van der Waals surface area contributed by atoms with Crippen LogP contribution < -0.4 is 0 Å². The highest BCUT2D eigenvalue weighted by Crippen LogP contribution is 2.28. The molecule has 0 amide bonds. The molecule has 2 aromatic heterocycles. The fourth-order valence-electron chi connectivity index (χ4n) is 1.56. The zero-order valence-electron chi connectivity index (χ0n) is 10.5. The van der Waals surface area contributed by atoms with Crippen molar-refractivity contribution in [2.45, 2.75) is 33.1 Å². The molecular formula is C13H16ClN3. The van der Waals surface area contributed by atoms with Gasteiger partial charge in [-0.2, -0.15) is 0 Å². The second-order valence-electron chi connectivity index (χ2n) is 5.15. The van der Waals surface area contributed by atoms with Gasteiger partial charge in [0.15, 0.2) is 0 Å². The minimum atomic E-state index is -0.112. The van der Waals surface area contributed by atoms with Gasteiger partial charge in [-0.3, -0.25) is 0 Å². The lowest BCUT2D eigenvalue weighted by atomic mass is 9.95. The highest BCUT2D eigenvalue weighted by Gasteiger charge is 2.21. The van der Waals surface area contributed by atoms with E-state index in [0.29, 0.717) is 5.15 Å². The normalized spacial score (nSPS) is 11.8. The van der Waals surface area contributed by atoms with Gasteiger partial charge in [0.2, 0.25) is 0 Å². The van der Waals surface area contributed by atoms with Crippen molar-refractivity contribution < 1.29 is 0 Å². The minimum Gasteiger partial charge on any atom is -0.360 e. The molecule has 0 radical (unpaired) electrons. The highest BCUT2D eigenvalue weighted by molar-refractivity contribution is 6.30. The molecule has 0 aliphatic heterocycles. The van der Waals surface area contributed by atoms with Gasteiger partial charge in [-0.25, -0.2) is 9.97 Å². The predicted octanol–water partition coefficient (Wildman–Crippen LogP) is 3.73. The summed E-state index contributed by atoms with van der Waals surface area (Å²) in [4.78, 5) is 12.1. The molecular weight excluding hydrogens is 234 g/mol. The number of hydrogen-bond donors (Lipinski definition) is 1. The van der Waals surface area contributed by atoms with Crippen LogP contribution in [0.3, 0.4) is 0 Å². The van der Waals surface area contributed by atoms with Crippen LogP contribution in [0, 0.1) is 6.92 Å². The first-order chi connectivity index (χ1) is 7.89. The summed E-state index contributed by atoms with van der Waals surface area (Å²) in [5.41, 5.74) is 2.64. The minimum absolute atomic E-state index is 0.112. The van der Waals surface area contributed by atoms with Gasteiger partial charge in [0.1, 0.15) is 11.0 Å². The summed E-state index contributed by atoms with van der Waals surface area (Å²) >= 11 is 6.18. The van der Waals surface area contributed by atoms with Gasteiger partial charge in [0.25, 0.3) is 0 Å². The Labute approximate surface area is 106 Å². The molecule has 0 saturated heterocycles. The van der Waals surface area contributed by atoms with Crippen LogP contribution in [0.15, 0.2) is 18.3 Å². The first-order valence-corrected chi connectivity index (χ1v) is 5.96. The summed E-state index contributed by atoms with van der Waals surface area (Å²) in [5, 5.41) is 0.523. The summed E-state index contributed by atoms with van der Waals surface area (Å²) in [6.07, 6.45) is 1.88. The topological polar surface area (TPSA) is 41.6 Å². The lowest BCUT2D eigenvalue weighted by molar-refractivity contribution is 0.545. The zero-order valence-corrected chi connectivity index (χ0v) is 11.3. The smallest absolute Gasteiger partial charge is 0.136 e. The third-order valence-corrected chi connectivity index (χ3v) is 2.98. The third-order valence-electron chi connectivity index (χ3n) is 2.61. The van der Waals surface area contributed by atoms with Crippen molar-refractivity contribution in [3.05, 3.63) is 34.9 Å². The molecule has 3 nitrogen and oxygen atoms in total. The molecule has 0 aliphatic rings. The van der Waals surface area contributed by atoms with Gasteiger partial charge in [0, 0.05) is 17.2 Å². The van der Waals surface area contributed by atoms with Crippen LogP contribution >= 0.6 is 11.6 Å². The second kappa shape index (κ2) is 4.15. The van der Waals surface area contributed by atoms with E-state index in [1.165, 1.54) is 0 Å². The lowest BCUT2D eigenvalue weighted by Crippen LogP contribution is -2.17. The molecule has 0 spiro atoms. The average molecular weight is 250 g/mol. The molecule has 90 valence electrons. The maximum absolute atomic E-state index is 6.18. The van der Waals surface area contributed by atoms with E-state index in [1.807, 2.05) is 25.3 Å². The number of halogens is 1. The van der Waals surface area contributed by atoms with Crippen LogP contribution in [-0.4, -0.2) is 15.0 Å². The van der Waals surface area contributed by atoms with Crippen LogP contribution in [0.5, 0.6) is 0 Å². The quantitative estimate of drug-likeness (QED) is 0.783. The van der Waals surface area contributed by atoms with Crippen LogP contribution in [0.4, 0.5) is 0 Å². The average Bonchev–Trinajstić information content (AvgIpc) is 2.73. The standard InChI is InChI=1S/C13H16ClN3/c1-8-10(9-6-5-7-15-9)16-12(13(2,3)4)17-11(8)14/h5-7,15H,1-4H3. The molecule has 0 atom stereocenters. The maximum Gasteiger partial charge on any atom is 0.136 e. The Morgan fingerprint density at radius 2 is 1.94 bits per heavy atom. The molecule has 0 saturated carbocycles. The number of hydrogen-bond acceptors (Lipinski definition) is 2. The van der Waals surface area contributed by atoms with Crippen molar-refractivity contribution >= 4 is 11.6 Å². The Kier molecular flexibility index (Phi) is 2.96. The Balaban J connectivity index is 2.64. The van der Waals surface area contributed by atoms with Crippen LogP contribution in [-0.2, 0) is 5.41 Å². The van der Waals surface area contributed by atoms with Gasteiger partial charge in [-0.1, -0.05) is 32.4 Å². The summed E-state index contributed by atoms with van der Waals surface area (Å²) < 4.78 is 0. The van der Waals surface area contributed by atoms with Crippen molar-refractivity contribution in [2.75, 3.05) is 0 Å². The lowest BCUT2D eigenvalue weighted by Gasteiger charge is -2.18. The first kappa shape index (κ1) is 12.1. The number of H-pyrrole nitrogens is 1. The number of nitrogens with zero attached hydrogens (tertiary/aromatic N) is 2. The molecule has 1 N–H and O–H groups in total. The predicted molar refractivity (Wildman–Crippen MR) is 70.3 cm³/mol. The summed E-state index contributed by atoms with van der Waals surface area (Å²) in [6.45, 7) is 8.16. The van der Waals surface area contributed by atoms with E-state index in [1.54, 1.807) is 0 Å². The molecule has 0 fully saturated rings. The van der Waals surface area contributed by atoms with E-state index in [2.05, 4.69) is 35.7 Å². The van der Waals surface area contributed by atoms with E-state index in [0.717, 1.165) is 22.8 Å². The van der Waals surface area contributed by atoms with Crippen molar-refractivity contribution in [1.82, 2.24) is 15.0 Å². The Morgan fingerprint density at radius 1 is 1.24 bits per heavy atom. The molecule has 0 bridgehead atoms. The Hall–Kier alpha value is -1.35. The summed E-state index contributed by atoms with van der Waals surface area (Å²) in [5.74, 6) is 0.762. The van der Waals surface area contributed by atoms with Crippen LogP contribution in [0.2, 0.25) is 5.15 Å². The molecule has 2 rings (SSSR count). The number of nitrogens with one attached hydrogen (secondary N) is 1. The van der Waals surface area contributed by atoms with E-state index in [-0.39, 0.29) is 5.41 Å². The van der Waals surface area contributed by atoms with Gasteiger partial charge >= 0.3 is 0 Å². The fourth-order valence-corrected chi connectivity index (χ4v) is 1.73. The molecule has 4 heteroatoms. The van der Waals surface area contributed by atoms with Gasteiger partial charge in [-0.15, -0.1) is 0 Å². The van der Waals surface area contributed by atoms with Crippen molar-refractivity contribution in [3.8, 4) is 11.4 Å². The second-order valence-corrected chi connectivity index (χ2v) is 5.50. The van der Waals surface area contributed by atoms with E-state index >= 15 is 0 Å². The van der Waals surface area contributed by atoms with Crippen molar-refractivity contribution in [3.63, 3.8) is 0 Å². The first-order valence-electron chi connectivity index (χ1n) is 5.58. The van der Waals surface area contributed by atoms with Gasteiger partial charge < -0.3 is 4.98 Å². The monoisotopic (exact) mass is 249 g/mol. The Bertz CT molecular complexity index is 524. The number of aromatic nitrogens is 3. The van der Waals surface area contributed by atoms with Crippen molar-refractivity contribution in [1.29, 1.82) is 0 Å². The van der Waals surface area contributed by atoms with Gasteiger partial charge in [0.05, 0.1) is 11.4 Å². The van der Waals surface area contributed by atoms with E-state index < -0.39 is 0 Å². The van der Waals surface area contributed by atoms with Crippen LogP contribution in [0.25, 0.3) is 11.4 Å². The SMILES string of the molecule is Cc1c(Cl)nc(C(C)(C)C)nc1-c1ccc[nH]1. The molecule has 2 aromatic rings. The van der Waals surface area contributed by atoms with Crippen molar-refractivity contribution in [2.24, 2.45) is 0 Å². The number of aromatic amines is 1. The van der Waals surface area contributed by atoms with E-state index in [4.69, 9.17) is 11.6 Å². The molecule has 2 heterocycles. The molecule has 0 aliphatic carbocycles. The zero-order chi connectivity index (χ0) is 12.6. The van der Waals surface area contributed by atoms with E-state index in [9.17, 15) is 0 Å². The molecule has 17 heavy (non-hydrogen) atoms. The maximum atomic E-state index is 6.18. The van der Waals surface area contributed by atoms with Gasteiger partial charge in [-0.05, 0) is 19.1 Å². The summed E-state index contributed by atoms with van der Waals surface area (Å²) in [6, 6.07) is 3.93. The molecule has 0 unspecified atom stereocenters. The third kappa shape index (κ3) is 2.34. The fraction of sp³-hybridized carbons (Fsp3) is 0.385.